The Morgan fingerprint density at radius 1 is 1.41 bits per heavy atom. The van der Waals surface area contributed by atoms with E-state index in [1.807, 2.05) is 0 Å². The molecule has 5 nitrogen and oxygen atoms in total. The van der Waals surface area contributed by atoms with Gasteiger partial charge in [0.15, 0.2) is 0 Å². The second-order valence-electron chi connectivity index (χ2n) is 5.87. The molecule has 1 aliphatic rings. The van der Waals surface area contributed by atoms with Crippen LogP contribution in [0.15, 0.2) is 23.0 Å². The zero-order valence-corrected chi connectivity index (χ0v) is 13.3. The number of benzene rings is 1. The van der Waals surface area contributed by atoms with Crippen LogP contribution in [0.25, 0.3) is 10.9 Å². The van der Waals surface area contributed by atoms with Crippen molar-refractivity contribution in [2.24, 2.45) is 5.73 Å². The number of nitrogens with one attached hydrogen (secondary N) is 1. The fourth-order valence-corrected chi connectivity index (χ4v) is 3.39. The van der Waals surface area contributed by atoms with E-state index in [2.05, 4.69) is 14.9 Å². The lowest BCUT2D eigenvalue weighted by atomic mass is 9.99. The Kier molecular flexibility index (Phi) is 4.76. The molecule has 0 spiro atoms. The number of fused-ring (bicyclic) bond motifs is 1. The Balaban J connectivity index is 1.87. The summed E-state index contributed by atoms with van der Waals surface area (Å²) in [6.07, 6.45) is 4.61. The summed E-state index contributed by atoms with van der Waals surface area (Å²) >= 11 is 5.94. The van der Waals surface area contributed by atoms with E-state index in [9.17, 15) is 4.79 Å². The number of halogens is 1. The minimum atomic E-state index is -0.130. The molecule has 0 bridgehead atoms. The molecule has 1 fully saturated rings. The Labute approximate surface area is 134 Å². The molecular weight excluding hydrogens is 300 g/mol. The fraction of sp³-hybridized carbons (Fsp3) is 0.500. The molecule has 0 saturated carbocycles. The number of aromatic amines is 1. The lowest BCUT2D eigenvalue weighted by molar-refractivity contribution is 0.130. The number of hydrogen-bond acceptors (Lipinski definition) is 4. The lowest BCUT2D eigenvalue weighted by Crippen LogP contribution is -2.40. The first-order valence-electron chi connectivity index (χ1n) is 7.80. The van der Waals surface area contributed by atoms with Gasteiger partial charge in [0.2, 0.25) is 0 Å². The molecule has 2 aromatic rings. The van der Waals surface area contributed by atoms with Crippen LogP contribution in [0.4, 0.5) is 0 Å². The quantitative estimate of drug-likeness (QED) is 0.906. The molecule has 1 saturated heterocycles. The van der Waals surface area contributed by atoms with E-state index in [1.165, 1.54) is 19.3 Å². The van der Waals surface area contributed by atoms with Gasteiger partial charge in [-0.05, 0) is 50.6 Å². The highest BCUT2D eigenvalue weighted by Crippen LogP contribution is 2.21. The maximum absolute atomic E-state index is 12.2. The largest absolute Gasteiger partial charge is 0.330 e. The molecular formula is C16H21ClN4O. The smallest absolute Gasteiger partial charge is 0.258 e. The average molecular weight is 321 g/mol. The van der Waals surface area contributed by atoms with Crippen LogP contribution in [-0.2, 0) is 6.54 Å². The minimum absolute atomic E-state index is 0.130. The van der Waals surface area contributed by atoms with Crippen LogP contribution in [0, 0.1) is 0 Å². The number of hydrogen-bond donors (Lipinski definition) is 2. The molecule has 0 radical (unpaired) electrons. The van der Waals surface area contributed by atoms with E-state index in [0.29, 0.717) is 40.9 Å². The van der Waals surface area contributed by atoms with E-state index < -0.39 is 0 Å². The normalized spacial score (nSPS) is 19.6. The van der Waals surface area contributed by atoms with Gasteiger partial charge in [-0.1, -0.05) is 18.0 Å². The van der Waals surface area contributed by atoms with Crippen LogP contribution >= 0.6 is 11.6 Å². The van der Waals surface area contributed by atoms with E-state index in [-0.39, 0.29) is 5.56 Å². The van der Waals surface area contributed by atoms with Crippen molar-refractivity contribution in [2.75, 3.05) is 13.1 Å². The van der Waals surface area contributed by atoms with Gasteiger partial charge in [-0.2, -0.15) is 0 Å². The third-order valence-corrected chi connectivity index (χ3v) is 4.55. The summed E-state index contributed by atoms with van der Waals surface area (Å²) in [5.74, 6) is 0.712. The Hall–Kier alpha value is -1.43. The summed E-state index contributed by atoms with van der Waals surface area (Å²) in [6, 6.07) is 5.71. The monoisotopic (exact) mass is 320 g/mol. The van der Waals surface area contributed by atoms with E-state index in [4.69, 9.17) is 17.3 Å². The molecule has 0 amide bonds. The highest BCUT2D eigenvalue weighted by molar-refractivity contribution is 6.31. The van der Waals surface area contributed by atoms with Crippen LogP contribution < -0.4 is 11.3 Å². The van der Waals surface area contributed by atoms with Crippen molar-refractivity contribution < 1.29 is 0 Å². The molecule has 2 heterocycles. The second kappa shape index (κ2) is 6.77. The molecule has 1 aromatic carbocycles. The summed E-state index contributed by atoms with van der Waals surface area (Å²) in [5.41, 5.74) is 6.28. The summed E-state index contributed by atoms with van der Waals surface area (Å²) in [4.78, 5) is 22.1. The van der Waals surface area contributed by atoms with Gasteiger partial charge in [0.25, 0.3) is 5.56 Å². The fourth-order valence-electron chi connectivity index (χ4n) is 3.21. The molecule has 1 aliphatic heterocycles. The molecule has 3 rings (SSSR count). The molecule has 1 atom stereocenters. The Morgan fingerprint density at radius 2 is 2.27 bits per heavy atom. The maximum atomic E-state index is 12.2. The first kappa shape index (κ1) is 15.5. The van der Waals surface area contributed by atoms with Crippen LogP contribution in [0.1, 0.15) is 31.5 Å². The molecule has 6 heteroatoms. The number of aromatic nitrogens is 2. The summed E-state index contributed by atoms with van der Waals surface area (Å²) in [6.45, 7) is 2.40. The van der Waals surface area contributed by atoms with Crippen molar-refractivity contribution in [3.05, 3.63) is 39.4 Å². The van der Waals surface area contributed by atoms with E-state index >= 15 is 0 Å². The Morgan fingerprint density at radius 3 is 3.09 bits per heavy atom. The summed E-state index contributed by atoms with van der Waals surface area (Å²) in [5, 5.41) is 1.08. The van der Waals surface area contributed by atoms with Crippen LogP contribution in [0.5, 0.6) is 0 Å². The van der Waals surface area contributed by atoms with Crippen LogP contribution in [-0.4, -0.2) is 34.0 Å². The van der Waals surface area contributed by atoms with Crippen molar-refractivity contribution in [1.29, 1.82) is 0 Å². The average Bonchev–Trinajstić information content (AvgIpc) is 2.50. The van der Waals surface area contributed by atoms with Gasteiger partial charge in [0.1, 0.15) is 5.82 Å². The maximum Gasteiger partial charge on any atom is 0.258 e. The van der Waals surface area contributed by atoms with Gasteiger partial charge in [0, 0.05) is 11.1 Å². The summed E-state index contributed by atoms with van der Waals surface area (Å²) in [7, 11) is 0. The zero-order valence-electron chi connectivity index (χ0n) is 12.5. The predicted molar refractivity (Wildman–Crippen MR) is 89.1 cm³/mol. The molecule has 1 unspecified atom stereocenters. The van der Waals surface area contributed by atoms with Crippen LogP contribution in [0.2, 0.25) is 5.02 Å². The van der Waals surface area contributed by atoms with Gasteiger partial charge < -0.3 is 10.7 Å². The number of likely N-dealkylation sites (tertiary alicyclic amines) is 1. The van der Waals surface area contributed by atoms with Crippen molar-refractivity contribution in [1.82, 2.24) is 14.9 Å². The topological polar surface area (TPSA) is 75.0 Å². The molecule has 22 heavy (non-hydrogen) atoms. The second-order valence-corrected chi connectivity index (χ2v) is 6.31. The third kappa shape index (κ3) is 3.32. The number of H-pyrrole nitrogens is 1. The van der Waals surface area contributed by atoms with Gasteiger partial charge in [-0.3, -0.25) is 9.69 Å². The molecule has 118 valence electrons. The van der Waals surface area contributed by atoms with Crippen molar-refractivity contribution in [3.8, 4) is 0 Å². The van der Waals surface area contributed by atoms with Gasteiger partial charge in [-0.25, -0.2) is 4.98 Å². The minimum Gasteiger partial charge on any atom is -0.330 e. The SMILES string of the molecule is NCCC1CCCCN1Cc1nc2ccc(Cl)cc2c(=O)[nH]1. The number of nitrogens with zero attached hydrogens (tertiary/aromatic N) is 2. The van der Waals surface area contributed by atoms with Crippen molar-refractivity contribution in [2.45, 2.75) is 38.3 Å². The van der Waals surface area contributed by atoms with Crippen molar-refractivity contribution >= 4 is 22.5 Å². The first-order chi connectivity index (χ1) is 10.7. The van der Waals surface area contributed by atoms with E-state index in [0.717, 1.165) is 13.0 Å². The first-order valence-corrected chi connectivity index (χ1v) is 8.18. The van der Waals surface area contributed by atoms with Gasteiger partial charge in [-0.15, -0.1) is 0 Å². The molecule has 1 aromatic heterocycles. The summed E-state index contributed by atoms with van der Waals surface area (Å²) < 4.78 is 0. The van der Waals surface area contributed by atoms with Gasteiger partial charge >= 0.3 is 0 Å². The standard InChI is InChI=1S/C16H21ClN4O/c17-11-4-5-14-13(9-11)16(22)20-15(19-14)10-21-8-2-1-3-12(21)6-7-18/h4-5,9,12H,1-3,6-8,10,18H2,(H,19,20,22). The highest BCUT2D eigenvalue weighted by Gasteiger charge is 2.22. The van der Waals surface area contributed by atoms with Crippen LogP contribution in [0.3, 0.4) is 0 Å². The third-order valence-electron chi connectivity index (χ3n) is 4.32. The molecule has 0 aliphatic carbocycles. The number of rotatable bonds is 4. The van der Waals surface area contributed by atoms with E-state index in [1.54, 1.807) is 18.2 Å². The Bertz CT molecular complexity index is 713. The number of nitrogens with two attached hydrogens (primary N) is 1. The van der Waals surface area contributed by atoms with Gasteiger partial charge in [0.05, 0.1) is 17.4 Å². The number of piperidine rings is 1. The van der Waals surface area contributed by atoms with Crippen molar-refractivity contribution in [3.63, 3.8) is 0 Å². The highest BCUT2D eigenvalue weighted by atomic mass is 35.5. The molecule has 3 N–H and O–H groups in total. The lowest BCUT2D eigenvalue weighted by Gasteiger charge is -2.35. The predicted octanol–water partition coefficient (Wildman–Crippen LogP) is 2.28. The zero-order chi connectivity index (χ0) is 15.5.